The molecule has 1 heterocycles. The first-order valence-corrected chi connectivity index (χ1v) is 12.6. The molecule has 4 rings (SSSR count). The van der Waals surface area contributed by atoms with Crippen LogP contribution in [0.15, 0.2) is 0 Å². The lowest BCUT2D eigenvalue weighted by Crippen LogP contribution is -2.70. The zero-order valence-corrected chi connectivity index (χ0v) is 21.1. The SMILES string of the molecule is CCC1(OC(=O)C2(C(F)(F)F)C3CC4C(OC(=O)C42C(F)(F)F)C3OC(=O)C(C)(CC)C(F)(F)F)CCCC1. The summed E-state index contributed by atoms with van der Waals surface area (Å²) in [6, 6.07) is 0. The van der Waals surface area contributed by atoms with Gasteiger partial charge in [-0.3, -0.25) is 14.4 Å². The molecule has 0 spiro atoms. The molecule has 3 saturated carbocycles. The minimum absolute atomic E-state index is 0.0221. The van der Waals surface area contributed by atoms with Gasteiger partial charge in [0.25, 0.3) is 0 Å². The fourth-order valence-electron chi connectivity index (χ4n) is 7.21. The summed E-state index contributed by atoms with van der Waals surface area (Å²) in [6.45, 7) is 2.87. The Labute approximate surface area is 216 Å². The van der Waals surface area contributed by atoms with Crippen molar-refractivity contribution in [1.82, 2.24) is 0 Å². The summed E-state index contributed by atoms with van der Waals surface area (Å²) in [6.07, 6.45) is -22.9. The van der Waals surface area contributed by atoms with Crippen LogP contribution in [0.5, 0.6) is 0 Å². The van der Waals surface area contributed by atoms with Crippen molar-refractivity contribution < 1.29 is 68.1 Å². The van der Waals surface area contributed by atoms with E-state index in [1.165, 1.54) is 6.92 Å². The third kappa shape index (κ3) is 3.51. The van der Waals surface area contributed by atoms with Gasteiger partial charge in [-0.2, -0.15) is 39.5 Å². The van der Waals surface area contributed by atoms with Crippen molar-refractivity contribution in [3.8, 4) is 0 Å². The molecule has 0 aromatic carbocycles. The maximum absolute atomic E-state index is 15.1. The highest BCUT2D eigenvalue weighted by atomic mass is 19.4. The third-order valence-corrected chi connectivity index (χ3v) is 9.64. The third-order valence-electron chi connectivity index (χ3n) is 9.64. The molecular weight excluding hydrogens is 555 g/mol. The smallest absolute Gasteiger partial charge is 0.406 e. The van der Waals surface area contributed by atoms with Crippen LogP contribution in [0.2, 0.25) is 0 Å². The van der Waals surface area contributed by atoms with Gasteiger partial charge in [0, 0.05) is 11.8 Å². The Morgan fingerprint density at radius 1 is 0.949 bits per heavy atom. The van der Waals surface area contributed by atoms with Crippen molar-refractivity contribution in [1.29, 1.82) is 0 Å². The number of rotatable bonds is 6. The fourth-order valence-corrected chi connectivity index (χ4v) is 7.21. The molecule has 15 heteroatoms. The number of esters is 3. The van der Waals surface area contributed by atoms with Crippen LogP contribution in [-0.4, -0.2) is 54.2 Å². The van der Waals surface area contributed by atoms with Crippen molar-refractivity contribution in [2.24, 2.45) is 28.1 Å². The number of fused-ring (bicyclic) bond motifs is 1. The predicted octanol–water partition coefficient (Wildman–Crippen LogP) is 5.82. The van der Waals surface area contributed by atoms with E-state index in [1.807, 2.05) is 0 Å². The molecule has 4 aliphatic rings. The molecule has 1 aliphatic heterocycles. The van der Waals surface area contributed by atoms with Gasteiger partial charge >= 0.3 is 36.4 Å². The molecule has 1 saturated heterocycles. The molecule has 0 amide bonds. The minimum atomic E-state index is -6.09. The number of alkyl halides is 9. The van der Waals surface area contributed by atoms with Crippen molar-refractivity contribution in [2.45, 2.75) is 102 Å². The van der Waals surface area contributed by atoms with Crippen LogP contribution in [0.1, 0.15) is 65.7 Å². The number of halogens is 9. The van der Waals surface area contributed by atoms with E-state index in [0.29, 0.717) is 19.8 Å². The second-order valence-corrected chi connectivity index (χ2v) is 11.1. The van der Waals surface area contributed by atoms with Gasteiger partial charge in [0.15, 0.2) is 16.2 Å². The van der Waals surface area contributed by atoms with E-state index in [4.69, 9.17) is 14.2 Å². The fraction of sp³-hybridized carbons (Fsp3) is 0.875. The van der Waals surface area contributed by atoms with Gasteiger partial charge in [-0.15, -0.1) is 0 Å². The second kappa shape index (κ2) is 8.64. The van der Waals surface area contributed by atoms with Gasteiger partial charge in [0.2, 0.25) is 0 Å². The van der Waals surface area contributed by atoms with Gasteiger partial charge < -0.3 is 14.2 Å². The summed E-state index contributed by atoms with van der Waals surface area (Å²) in [7, 11) is 0. The van der Waals surface area contributed by atoms with E-state index in [1.54, 1.807) is 0 Å². The standard InChI is InChI=1S/C24H27F9O6/c1-4-18(3,22(25,26)27)15(34)37-13-12-10-11-14(13)38-16(35)20(11,23(28,29)30)21(12,24(31,32)33)17(36)39-19(5-2)8-6-7-9-19/h11-14H,4-10H2,1-3H3. The summed E-state index contributed by atoms with van der Waals surface area (Å²) < 4.78 is 145. The Morgan fingerprint density at radius 2 is 1.51 bits per heavy atom. The normalized spacial score (nSPS) is 37.0. The van der Waals surface area contributed by atoms with Crippen LogP contribution in [0, 0.1) is 28.1 Å². The largest absolute Gasteiger partial charge is 0.458 e. The van der Waals surface area contributed by atoms with Crippen LogP contribution in [0.4, 0.5) is 39.5 Å². The highest BCUT2D eigenvalue weighted by Gasteiger charge is 2.98. The van der Waals surface area contributed by atoms with E-state index in [-0.39, 0.29) is 19.3 Å². The van der Waals surface area contributed by atoms with Crippen molar-refractivity contribution >= 4 is 17.9 Å². The minimum Gasteiger partial charge on any atom is -0.458 e. The molecule has 6 nitrogen and oxygen atoms in total. The topological polar surface area (TPSA) is 78.9 Å². The van der Waals surface area contributed by atoms with Crippen LogP contribution in [0.25, 0.3) is 0 Å². The van der Waals surface area contributed by atoms with Crippen LogP contribution >= 0.6 is 0 Å². The summed E-state index contributed by atoms with van der Waals surface area (Å²) in [5, 5.41) is 0. The first kappa shape index (κ1) is 29.8. The molecule has 2 bridgehead atoms. The molecule has 222 valence electrons. The Morgan fingerprint density at radius 3 is 1.95 bits per heavy atom. The van der Waals surface area contributed by atoms with Crippen LogP contribution in [-0.2, 0) is 28.6 Å². The molecule has 0 N–H and O–H groups in total. The molecule has 39 heavy (non-hydrogen) atoms. The predicted molar refractivity (Wildman–Crippen MR) is 110 cm³/mol. The first-order chi connectivity index (χ1) is 17.7. The number of hydrogen-bond donors (Lipinski definition) is 0. The Bertz CT molecular complexity index is 1050. The quantitative estimate of drug-likeness (QED) is 0.223. The molecule has 7 atom stereocenters. The van der Waals surface area contributed by atoms with Crippen LogP contribution < -0.4 is 0 Å². The van der Waals surface area contributed by atoms with E-state index in [2.05, 4.69) is 0 Å². The second-order valence-electron chi connectivity index (χ2n) is 11.1. The molecule has 7 unspecified atom stereocenters. The molecular formula is C24H27F9O6. The van der Waals surface area contributed by atoms with Gasteiger partial charge in [-0.25, -0.2) is 0 Å². The van der Waals surface area contributed by atoms with Gasteiger partial charge in [0.05, 0.1) is 0 Å². The average molecular weight is 582 g/mol. The zero-order valence-electron chi connectivity index (χ0n) is 21.1. The average Bonchev–Trinajstić information content (AvgIpc) is 3.53. The van der Waals surface area contributed by atoms with Gasteiger partial charge in [0.1, 0.15) is 17.8 Å². The lowest BCUT2D eigenvalue weighted by atomic mass is 9.54. The summed E-state index contributed by atoms with van der Waals surface area (Å²) in [5.74, 6) is -11.7. The van der Waals surface area contributed by atoms with E-state index in [0.717, 1.165) is 6.92 Å². The molecule has 0 radical (unpaired) electrons. The molecule has 4 fully saturated rings. The maximum Gasteiger partial charge on any atom is 0.406 e. The Balaban J connectivity index is 1.90. The zero-order chi connectivity index (χ0) is 29.6. The van der Waals surface area contributed by atoms with Crippen molar-refractivity contribution in [2.75, 3.05) is 0 Å². The Kier molecular flexibility index (Phi) is 6.59. The summed E-state index contributed by atoms with van der Waals surface area (Å²) >= 11 is 0. The first-order valence-electron chi connectivity index (χ1n) is 12.6. The Hall–Kier alpha value is -2.22. The van der Waals surface area contributed by atoms with E-state index >= 15 is 13.2 Å². The molecule has 0 aromatic rings. The molecule has 3 aliphatic carbocycles. The van der Waals surface area contributed by atoms with Crippen molar-refractivity contribution in [3.05, 3.63) is 0 Å². The summed E-state index contributed by atoms with van der Waals surface area (Å²) in [4.78, 5) is 39.2. The van der Waals surface area contributed by atoms with E-state index in [9.17, 15) is 40.7 Å². The van der Waals surface area contributed by atoms with E-state index < -0.39 is 95.2 Å². The summed E-state index contributed by atoms with van der Waals surface area (Å²) in [5.41, 5.74) is -13.8. The number of carbonyl (C=O) groups is 3. The number of carbonyl (C=O) groups excluding carboxylic acids is 3. The number of ether oxygens (including phenoxy) is 3. The highest BCUT2D eigenvalue weighted by molar-refractivity contribution is 5.94. The monoisotopic (exact) mass is 582 g/mol. The molecule has 0 aromatic heterocycles. The number of hydrogen-bond acceptors (Lipinski definition) is 6. The maximum atomic E-state index is 15.1. The van der Waals surface area contributed by atoms with Crippen LogP contribution in [0.3, 0.4) is 0 Å². The lowest BCUT2D eigenvalue weighted by Gasteiger charge is -2.49. The van der Waals surface area contributed by atoms with Gasteiger partial charge in [-0.1, -0.05) is 13.8 Å². The van der Waals surface area contributed by atoms with Crippen molar-refractivity contribution in [3.63, 3.8) is 0 Å². The highest BCUT2D eigenvalue weighted by Crippen LogP contribution is 2.79. The van der Waals surface area contributed by atoms with Gasteiger partial charge in [-0.05, 0) is 51.9 Å². The lowest BCUT2D eigenvalue weighted by molar-refractivity contribution is -0.341.